The minimum absolute atomic E-state index is 0.00356. The number of carbonyl (C=O) groups excluding carboxylic acids is 6. The lowest BCUT2D eigenvalue weighted by atomic mass is 9.98. The Morgan fingerprint density at radius 1 is 0.909 bits per heavy atom. The second-order valence-electron chi connectivity index (χ2n) is 10.7. The predicted molar refractivity (Wildman–Crippen MR) is 184 cm³/mol. The Hall–Kier alpha value is -6.79. The first-order chi connectivity index (χ1) is 26.2. The van der Waals surface area contributed by atoms with Crippen LogP contribution in [-0.2, 0) is 61.1 Å². The minimum Gasteiger partial charge on any atom is -0.459 e. The zero-order valence-corrected chi connectivity index (χ0v) is 29.4. The molecule has 2 atom stereocenters. The van der Waals surface area contributed by atoms with Crippen LogP contribution < -0.4 is 16.4 Å². The van der Waals surface area contributed by atoms with Crippen LogP contribution in [0.1, 0.15) is 16.8 Å². The number of alkyl halides is 1. The van der Waals surface area contributed by atoms with Crippen LogP contribution in [-0.4, -0.2) is 99.1 Å². The summed E-state index contributed by atoms with van der Waals surface area (Å²) >= 11 is 6.38. The highest BCUT2D eigenvalue weighted by Crippen LogP contribution is 2.23. The monoisotopic (exact) mass is 806 g/mol. The molecule has 4 amide bonds. The summed E-state index contributed by atoms with van der Waals surface area (Å²) in [6.45, 7) is -2.82. The van der Waals surface area contributed by atoms with Crippen molar-refractivity contribution in [2.24, 2.45) is 10.9 Å². The molecule has 25 heteroatoms. The van der Waals surface area contributed by atoms with Crippen LogP contribution in [0, 0.1) is 20.2 Å². The Morgan fingerprint density at radius 3 is 2.00 bits per heavy atom. The summed E-state index contributed by atoms with van der Waals surface area (Å²) in [5, 5.41) is 32.0. The number of carbonyl (C=O) groups is 6. The number of thiazole rings is 1. The van der Waals surface area contributed by atoms with Gasteiger partial charge in [-0.05, 0) is 35.4 Å². The van der Waals surface area contributed by atoms with E-state index in [9.17, 15) is 49.0 Å². The summed E-state index contributed by atoms with van der Waals surface area (Å²) in [6.07, 6.45) is -1.24. The number of hydrogen-bond donors (Lipinski definition) is 3. The normalized spacial score (nSPS) is 14.9. The van der Waals surface area contributed by atoms with Crippen molar-refractivity contribution in [3.63, 3.8) is 0 Å². The van der Waals surface area contributed by atoms with Gasteiger partial charge in [-0.1, -0.05) is 5.16 Å². The Bertz CT molecular complexity index is 1980. The van der Waals surface area contributed by atoms with Gasteiger partial charge in [-0.2, -0.15) is 0 Å². The van der Waals surface area contributed by atoms with E-state index in [0.717, 1.165) is 11.3 Å². The number of anilines is 1. The third-order valence-corrected chi connectivity index (χ3v) is 7.94. The molecule has 0 saturated carbocycles. The topological polar surface area (TPSA) is 313 Å². The van der Waals surface area contributed by atoms with E-state index in [0.29, 0.717) is 16.2 Å². The summed E-state index contributed by atoms with van der Waals surface area (Å²) in [5.41, 5.74) is 4.79. The first kappa shape index (κ1) is 41.0. The fourth-order valence-corrected chi connectivity index (χ4v) is 5.06. The van der Waals surface area contributed by atoms with Crippen molar-refractivity contribution in [2.45, 2.75) is 25.3 Å². The zero-order chi connectivity index (χ0) is 40.1. The molecule has 2 unspecified atom stereocenters. The van der Waals surface area contributed by atoms with Gasteiger partial charge in [-0.3, -0.25) is 39.4 Å². The molecule has 4 rings (SSSR count). The van der Waals surface area contributed by atoms with Gasteiger partial charge < -0.3 is 35.4 Å². The Kier molecular flexibility index (Phi) is 14.4. The molecule has 4 N–H and O–H groups in total. The number of nitrogens with two attached hydrogens (primary N) is 1. The molecular formula is C30H27ClN8O15S. The van der Waals surface area contributed by atoms with Gasteiger partial charge in [0.2, 0.25) is 12.5 Å². The van der Waals surface area contributed by atoms with E-state index in [1.54, 1.807) is 0 Å². The number of amides is 4. The third-order valence-electron chi connectivity index (χ3n) is 6.94. The van der Waals surface area contributed by atoms with Gasteiger partial charge in [0.15, 0.2) is 17.5 Å². The molecule has 3 aromatic rings. The van der Waals surface area contributed by atoms with Crippen molar-refractivity contribution in [1.82, 2.24) is 15.4 Å². The highest BCUT2D eigenvalue weighted by Gasteiger charge is 2.51. The highest BCUT2D eigenvalue weighted by atomic mass is 35.5. The smallest absolute Gasteiger partial charge is 0.404 e. The maximum atomic E-state index is 13.5. The molecule has 1 aromatic heterocycles. The second-order valence-corrected chi connectivity index (χ2v) is 11.8. The van der Waals surface area contributed by atoms with Crippen LogP contribution in [0.5, 0.6) is 0 Å². The minimum atomic E-state index is -1.46. The number of primary amides is 1. The van der Waals surface area contributed by atoms with Crippen molar-refractivity contribution in [2.75, 3.05) is 31.0 Å². The average Bonchev–Trinajstić information content (AvgIpc) is 3.62. The van der Waals surface area contributed by atoms with Crippen LogP contribution in [0.25, 0.3) is 0 Å². The van der Waals surface area contributed by atoms with Crippen molar-refractivity contribution < 1.29 is 62.5 Å². The molecule has 0 bridgehead atoms. The van der Waals surface area contributed by atoms with Crippen molar-refractivity contribution in [3.05, 3.63) is 91.0 Å². The molecule has 1 saturated heterocycles. The van der Waals surface area contributed by atoms with E-state index in [1.807, 2.05) is 0 Å². The van der Waals surface area contributed by atoms with Gasteiger partial charge >= 0.3 is 18.0 Å². The van der Waals surface area contributed by atoms with Crippen LogP contribution in [0.3, 0.4) is 0 Å². The Balaban J connectivity index is 1.40. The third kappa shape index (κ3) is 11.9. The number of β-lactam (4-membered cyclic amide) rings is 1. The molecule has 55 heavy (non-hydrogen) atoms. The number of nitro benzene ring substituents is 2. The number of esters is 2. The van der Waals surface area contributed by atoms with Crippen LogP contribution in [0.15, 0.2) is 59.1 Å². The lowest BCUT2D eigenvalue weighted by Crippen LogP contribution is -2.72. The van der Waals surface area contributed by atoms with Gasteiger partial charge in [0.25, 0.3) is 23.2 Å². The molecule has 1 aliphatic heterocycles. The largest absolute Gasteiger partial charge is 0.459 e. The van der Waals surface area contributed by atoms with Crippen molar-refractivity contribution in [1.29, 1.82) is 0 Å². The predicted octanol–water partition coefficient (Wildman–Crippen LogP) is 1.07. The Labute approximate surface area is 316 Å². The van der Waals surface area contributed by atoms with Gasteiger partial charge in [-0.25, -0.2) is 24.4 Å². The van der Waals surface area contributed by atoms with Crippen LogP contribution >= 0.6 is 22.9 Å². The second kappa shape index (κ2) is 19.3. The first-order valence-electron chi connectivity index (χ1n) is 15.2. The van der Waals surface area contributed by atoms with Gasteiger partial charge in [0.05, 0.1) is 9.85 Å². The molecule has 290 valence electrons. The van der Waals surface area contributed by atoms with E-state index >= 15 is 0 Å². The van der Waals surface area contributed by atoms with E-state index in [2.05, 4.69) is 20.8 Å². The number of hydroxylamine groups is 2. The number of halogens is 1. The van der Waals surface area contributed by atoms with Crippen LogP contribution in [0.2, 0.25) is 0 Å². The van der Waals surface area contributed by atoms with Gasteiger partial charge in [-0.15, -0.1) is 22.9 Å². The van der Waals surface area contributed by atoms with Crippen molar-refractivity contribution >= 4 is 80.9 Å². The lowest BCUT2D eigenvalue weighted by Gasteiger charge is -2.44. The number of aromatic nitrogens is 1. The van der Waals surface area contributed by atoms with Crippen LogP contribution in [0.4, 0.5) is 21.3 Å². The number of hydrogen-bond acceptors (Lipinski definition) is 18. The van der Waals surface area contributed by atoms with Gasteiger partial charge in [0, 0.05) is 29.6 Å². The number of benzene rings is 2. The standard InChI is InChI=1S/C30H27ClN8O15S/c31-9-22(40)34-30-33-20(15-55-30)25(36-53-13-23(41)50-10-16-1-5-18(6-2-16)38(46)47)27(43)35-26-21(12-52-29(32)45)37(28(26)44)54-14-24(42)51-11-17-3-7-19(8-4-17)39(48)49/h1-8,15,21,26H,9-14H2,(H2,32,45)(H,35,43)(H,33,34,40). The molecular weight excluding hydrogens is 780 g/mol. The number of ether oxygens (including phenoxy) is 3. The molecule has 2 heterocycles. The lowest BCUT2D eigenvalue weighted by molar-refractivity contribution is -0.385. The fraction of sp³-hybridized carbons (Fsp3) is 0.267. The quantitative estimate of drug-likeness (QED) is 0.0290. The van der Waals surface area contributed by atoms with E-state index in [1.165, 1.54) is 53.9 Å². The molecule has 1 aliphatic rings. The first-order valence-corrected chi connectivity index (χ1v) is 16.7. The summed E-state index contributed by atoms with van der Waals surface area (Å²) < 4.78 is 14.9. The average molecular weight is 807 g/mol. The maximum absolute atomic E-state index is 13.5. The molecule has 0 aliphatic carbocycles. The number of nitrogens with zero attached hydrogens (tertiary/aromatic N) is 5. The number of nitro groups is 2. The van der Waals surface area contributed by atoms with E-state index in [-0.39, 0.29) is 35.4 Å². The molecule has 2 aromatic carbocycles. The van der Waals surface area contributed by atoms with E-state index in [4.69, 9.17) is 41.2 Å². The molecule has 0 spiro atoms. The SMILES string of the molecule is NC(=O)OCC1C(NC(=O)C(=NOCC(=O)OCc2ccc([N+](=O)[O-])cc2)c2csc(NC(=O)CCl)n2)C(=O)N1OCC(=O)OCc1ccc([N+](=O)[O-])cc1. The van der Waals surface area contributed by atoms with Crippen molar-refractivity contribution in [3.8, 4) is 0 Å². The summed E-state index contributed by atoms with van der Waals surface area (Å²) in [4.78, 5) is 109. The molecule has 0 radical (unpaired) electrons. The summed E-state index contributed by atoms with van der Waals surface area (Å²) in [6, 6.07) is 7.66. The number of non-ortho nitro benzene ring substituents is 2. The summed E-state index contributed by atoms with van der Waals surface area (Å²) in [5.74, 6) is -4.96. The Morgan fingerprint density at radius 2 is 1.47 bits per heavy atom. The molecule has 1 fully saturated rings. The van der Waals surface area contributed by atoms with E-state index < -0.39 is 89.1 Å². The summed E-state index contributed by atoms with van der Waals surface area (Å²) in [7, 11) is 0. The number of oxime groups is 1. The number of rotatable bonds is 19. The molecule has 23 nitrogen and oxygen atoms in total. The maximum Gasteiger partial charge on any atom is 0.404 e. The zero-order valence-electron chi connectivity index (χ0n) is 27.8. The highest BCUT2D eigenvalue weighted by molar-refractivity contribution is 7.14. The van der Waals surface area contributed by atoms with Gasteiger partial charge in [0.1, 0.15) is 43.5 Å². The number of nitrogens with one attached hydrogen (secondary N) is 2. The fourth-order valence-electron chi connectivity index (χ4n) is 4.28.